The predicted molar refractivity (Wildman–Crippen MR) is 241 cm³/mol. The first-order valence-corrected chi connectivity index (χ1v) is 19.8. The zero-order valence-electron chi connectivity index (χ0n) is 31.2. The van der Waals surface area contributed by atoms with Gasteiger partial charge in [0.25, 0.3) is 0 Å². The van der Waals surface area contributed by atoms with Crippen LogP contribution in [0.2, 0.25) is 0 Å². The Labute approximate surface area is 332 Å². The molecule has 0 bridgehead atoms. The highest BCUT2D eigenvalue weighted by atomic mass is 16.3. The molecule has 0 aliphatic heterocycles. The van der Waals surface area contributed by atoms with Crippen molar-refractivity contribution in [1.29, 1.82) is 0 Å². The third-order valence-electron chi connectivity index (χ3n) is 12.1. The van der Waals surface area contributed by atoms with E-state index in [1.807, 2.05) is 18.2 Å². The number of benzene rings is 9. The van der Waals surface area contributed by atoms with E-state index in [2.05, 4.69) is 185 Å². The molecule has 4 aromatic heterocycles. The Morgan fingerprint density at radius 3 is 1.69 bits per heavy atom. The molecule has 9 aromatic carbocycles. The molecule has 58 heavy (non-hydrogen) atoms. The van der Waals surface area contributed by atoms with Crippen molar-refractivity contribution in [1.82, 2.24) is 9.13 Å². The lowest BCUT2D eigenvalue weighted by Gasteiger charge is -2.11. The molecule has 270 valence electrons. The molecule has 4 heterocycles. The van der Waals surface area contributed by atoms with Crippen LogP contribution in [-0.2, 0) is 0 Å². The standard InChI is InChI=1S/C54H32N2O2/c1-2-13-33(14-3-1)34-15-10-16-35(31-34)55-43-22-7-4-18-41(43)53-45(55)29-30-46-54(53)52-40(39-21-12-26-49-51(39)42-19-6-9-25-48(42)57-49)20-11-23-44(52)56(46)36-27-28-38-37-17-5-8-24-47(37)58-50(38)32-36/h1-32H. The largest absolute Gasteiger partial charge is 0.456 e. The highest BCUT2D eigenvalue weighted by Gasteiger charge is 2.24. The maximum atomic E-state index is 6.48. The summed E-state index contributed by atoms with van der Waals surface area (Å²) in [6.07, 6.45) is 0. The van der Waals surface area contributed by atoms with Gasteiger partial charge in [-0.1, -0.05) is 121 Å². The Balaban J connectivity index is 1.18. The molecule has 13 rings (SSSR count). The summed E-state index contributed by atoms with van der Waals surface area (Å²) in [6, 6.07) is 69.5. The van der Waals surface area contributed by atoms with E-state index in [1.165, 1.54) is 43.8 Å². The highest BCUT2D eigenvalue weighted by Crippen LogP contribution is 2.47. The van der Waals surface area contributed by atoms with Crippen LogP contribution in [0, 0.1) is 0 Å². The van der Waals surface area contributed by atoms with Crippen molar-refractivity contribution in [2.24, 2.45) is 0 Å². The fraction of sp³-hybridized carbons (Fsp3) is 0. The van der Waals surface area contributed by atoms with E-state index in [-0.39, 0.29) is 0 Å². The second kappa shape index (κ2) is 11.8. The summed E-state index contributed by atoms with van der Waals surface area (Å²) in [4.78, 5) is 0. The molecule has 0 amide bonds. The van der Waals surface area contributed by atoms with Gasteiger partial charge in [-0.15, -0.1) is 0 Å². The van der Waals surface area contributed by atoms with Gasteiger partial charge in [-0.2, -0.15) is 0 Å². The van der Waals surface area contributed by atoms with Crippen LogP contribution in [0.5, 0.6) is 0 Å². The maximum absolute atomic E-state index is 6.48. The fourth-order valence-electron chi connectivity index (χ4n) is 9.70. The first kappa shape index (κ1) is 31.4. The van der Waals surface area contributed by atoms with Crippen LogP contribution in [0.4, 0.5) is 0 Å². The summed E-state index contributed by atoms with van der Waals surface area (Å²) in [6.45, 7) is 0. The van der Waals surface area contributed by atoms with Gasteiger partial charge in [0, 0.05) is 60.5 Å². The quantitative estimate of drug-likeness (QED) is 0.180. The number of hydrogen-bond acceptors (Lipinski definition) is 2. The second-order valence-electron chi connectivity index (χ2n) is 15.2. The van der Waals surface area contributed by atoms with Gasteiger partial charge in [0.15, 0.2) is 0 Å². The zero-order chi connectivity index (χ0) is 37.9. The van der Waals surface area contributed by atoms with Gasteiger partial charge in [0.05, 0.1) is 22.1 Å². The molecule has 0 spiro atoms. The molecule has 0 radical (unpaired) electrons. The first-order valence-electron chi connectivity index (χ1n) is 19.8. The van der Waals surface area contributed by atoms with Gasteiger partial charge >= 0.3 is 0 Å². The summed E-state index contributed by atoms with van der Waals surface area (Å²) >= 11 is 0. The molecule has 0 aliphatic rings. The predicted octanol–water partition coefficient (Wildman–Crippen LogP) is 15.0. The Hall–Kier alpha value is -7.82. The van der Waals surface area contributed by atoms with Crippen LogP contribution in [0.25, 0.3) is 121 Å². The summed E-state index contributed by atoms with van der Waals surface area (Å²) in [7, 11) is 0. The summed E-state index contributed by atoms with van der Waals surface area (Å²) < 4.78 is 17.8. The number of hydrogen-bond donors (Lipinski definition) is 0. The van der Waals surface area contributed by atoms with Gasteiger partial charge in [0.2, 0.25) is 0 Å². The van der Waals surface area contributed by atoms with Crippen LogP contribution >= 0.6 is 0 Å². The van der Waals surface area contributed by atoms with Gasteiger partial charge in [-0.25, -0.2) is 0 Å². The normalized spacial score (nSPS) is 12.1. The molecule has 0 saturated heterocycles. The maximum Gasteiger partial charge on any atom is 0.137 e. The van der Waals surface area contributed by atoms with Crippen LogP contribution < -0.4 is 0 Å². The van der Waals surface area contributed by atoms with Gasteiger partial charge in [0.1, 0.15) is 22.3 Å². The topological polar surface area (TPSA) is 36.1 Å². The van der Waals surface area contributed by atoms with Crippen LogP contribution in [0.3, 0.4) is 0 Å². The van der Waals surface area contributed by atoms with Crippen molar-refractivity contribution >= 4 is 87.5 Å². The lowest BCUT2D eigenvalue weighted by atomic mass is 9.94. The smallest absolute Gasteiger partial charge is 0.137 e. The van der Waals surface area contributed by atoms with Gasteiger partial charge < -0.3 is 18.0 Å². The molecular formula is C54H32N2O2. The van der Waals surface area contributed by atoms with E-state index in [0.29, 0.717) is 0 Å². The second-order valence-corrected chi connectivity index (χ2v) is 15.2. The van der Waals surface area contributed by atoms with Crippen LogP contribution in [0.1, 0.15) is 0 Å². The van der Waals surface area contributed by atoms with Crippen molar-refractivity contribution in [3.05, 3.63) is 194 Å². The molecule has 0 fully saturated rings. The molecule has 0 unspecified atom stereocenters. The molecule has 4 heteroatoms. The highest BCUT2D eigenvalue weighted by molar-refractivity contribution is 6.32. The van der Waals surface area contributed by atoms with Crippen molar-refractivity contribution < 1.29 is 8.83 Å². The van der Waals surface area contributed by atoms with E-state index >= 15 is 0 Å². The number of aromatic nitrogens is 2. The monoisotopic (exact) mass is 740 g/mol. The first-order chi connectivity index (χ1) is 28.8. The van der Waals surface area contributed by atoms with E-state index in [4.69, 9.17) is 8.83 Å². The molecule has 0 N–H and O–H groups in total. The van der Waals surface area contributed by atoms with Gasteiger partial charge in [-0.3, -0.25) is 0 Å². The number of rotatable bonds is 4. The minimum Gasteiger partial charge on any atom is -0.456 e. The van der Waals surface area contributed by atoms with Crippen molar-refractivity contribution in [2.75, 3.05) is 0 Å². The fourth-order valence-corrected chi connectivity index (χ4v) is 9.70. The van der Waals surface area contributed by atoms with Crippen LogP contribution in [-0.4, -0.2) is 9.13 Å². The lowest BCUT2D eigenvalue weighted by Crippen LogP contribution is -1.95. The number of nitrogens with zero attached hydrogens (tertiary/aromatic N) is 2. The third-order valence-corrected chi connectivity index (χ3v) is 12.1. The SMILES string of the molecule is c1ccc(-c2cccc(-n3c4ccccc4c4c5c6c(-c7cccc8oc9ccccc9c78)cccc6n(-c6ccc7c(c6)oc6ccccc67)c5ccc43)c2)cc1. The number of fused-ring (bicyclic) bond motifs is 13. The minimum absolute atomic E-state index is 0.871. The summed E-state index contributed by atoms with van der Waals surface area (Å²) in [5.74, 6) is 0. The van der Waals surface area contributed by atoms with Crippen LogP contribution in [0.15, 0.2) is 203 Å². The van der Waals surface area contributed by atoms with Crippen molar-refractivity contribution in [3.63, 3.8) is 0 Å². The molecule has 4 nitrogen and oxygen atoms in total. The Morgan fingerprint density at radius 2 is 0.828 bits per heavy atom. The molecule has 0 aliphatic carbocycles. The van der Waals surface area contributed by atoms with E-state index in [1.54, 1.807) is 0 Å². The number of para-hydroxylation sites is 3. The average Bonchev–Trinajstić information content (AvgIpc) is 4.04. The van der Waals surface area contributed by atoms with Crippen molar-refractivity contribution in [2.45, 2.75) is 0 Å². The zero-order valence-corrected chi connectivity index (χ0v) is 31.2. The van der Waals surface area contributed by atoms with E-state index in [0.717, 1.165) is 77.4 Å². The molecule has 0 atom stereocenters. The third kappa shape index (κ3) is 4.34. The Morgan fingerprint density at radius 1 is 0.276 bits per heavy atom. The lowest BCUT2D eigenvalue weighted by molar-refractivity contribution is 0.668. The minimum atomic E-state index is 0.871. The summed E-state index contributed by atoms with van der Waals surface area (Å²) in [5, 5.41) is 9.33. The molecule has 0 saturated carbocycles. The van der Waals surface area contributed by atoms with E-state index in [9.17, 15) is 0 Å². The summed E-state index contributed by atoms with van der Waals surface area (Å²) in [5.41, 5.74) is 15.0. The Bertz CT molecular complexity index is 3800. The van der Waals surface area contributed by atoms with E-state index < -0.39 is 0 Å². The van der Waals surface area contributed by atoms with Crippen molar-refractivity contribution in [3.8, 4) is 33.6 Å². The molecular weight excluding hydrogens is 709 g/mol. The van der Waals surface area contributed by atoms with Gasteiger partial charge in [-0.05, 0) is 89.0 Å². The number of furan rings is 2. The average molecular weight is 741 g/mol. The molecule has 13 aromatic rings. The Kier molecular flexibility index (Phi) is 6.41.